The second kappa shape index (κ2) is 4.25. The van der Waals surface area contributed by atoms with Crippen LogP contribution in [0.4, 0.5) is 5.82 Å². The highest BCUT2D eigenvalue weighted by molar-refractivity contribution is 5.58. The van der Waals surface area contributed by atoms with E-state index in [2.05, 4.69) is 28.2 Å². The maximum atomic E-state index is 9.32. The fourth-order valence-corrected chi connectivity index (χ4v) is 3.35. The molecular weight excluding hydrogens is 224 g/mol. The fraction of sp³-hybridized carbons (Fsp3) is 0.571. The summed E-state index contributed by atoms with van der Waals surface area (Å²) in [5.74, 6) is 2.27. The van der Waals surface area contributed by atoms with Gasteiger partial charge in [0, 0.05) is 31.9 Å². The average molecular weight is 242 g/mol. The summed E-state index contributed by atoms with van der Waals surface area (Å²) in [7, 11) is 0. The first-order valence-corrected chi connectivity index (χ1v) is 6.55. The molecule has 1 aromatic rings. The Hall–Kier alpha value is -1.60. The molecule has 0 aliphatic carbocycles. The van der Waals surface area contributed by atoms with Crippen molar-refractivity contribution < 1.29 is 0 Å². The van der Waals surface area contributed by atoms with E-state index in [1.54, 1.807) is 0 Å². The minimum atomic E-state index is 0.464. The predicted molar refractivity (Wildman–Crippen MR) is 70.3 cm³/mol. The van der Waals surface area contributed by atoms with Crippen LogP contribution >= 0.6 is 0 Å². The maximum Gasteiger partial charge on any atom is 0.147 e. The molecule has 3 heterocycles. The molecule has 1 aromatic heterocycles. The van der Waals surface area contributed by atoms with Crippen molar-refractivity contribution in [3.8, 4) is 6.07 Å². The van der Waals surface area contributed by atoms with Crippen molar-refractivity contribution in [2.24, 2.45) is 11.8 Å². The molecule has 0 saturated carbocycles. The fourth-order valence-electron chi connectivity index (χ4n) is 3.35. The molecule has 3 atom stereocenters. The van der Waals surface area contributed by atoms with E-state index < -0.39 is 0 Å². The van der Waals surface area contributed by atoms with Gasteiger partial charge in [0.05, 0.1) is 5.56 Å². The number of nitriles is 1. The van der Waals surface area contributed by atoms with Gasteiger partial charge in [-0.25, -0.2) is 4.98 Å². The van der Waals surface area contributed by atoms with Crippen molar-refractivity contribution in [2.75, 3.05) is 24.5 Å². The van der Waals surface area contributed by atoms with Crippen molar-refractivity contribution in [3.05, 3.63) is 23.4 Å². The van der Waals surface area contributed by atoms with E-state index in [-0.39, 0.29) is 0 Å². The molecule has 0 radical (unpaired) electrons. The van der Waals surface area contributed by atoms with Crippen LogP contribution in [-0.2, 0) is 0 Å². The van der Waals surface area contributed by atoms with E-state index in [1.165, 1.54) is 0 Å². The first-order valence-electron chi connectivity index (χ1n) is 6.55. The second-order valence-corrected chi connectivity index (χ2v) is 5.41. The lowest BCUT2D eigenvalue weighted by Gasteiger charge is -2.26. The van der Waals surface area contributed by atoms with Crippen LogP contribution in [0.1, 0.15) is 18.1 Å². The Bertz CT molecular complexity index is 505. The van der Waals surface area contributed by atoms with Gasteiger partial charge in [-0.1, -0.05) is 0 Å². The maximum absolute atomic E-state index is 9.32. The summed E-state index contributed by atoms with van der Waals surface area (Å²) in [6.45, 7) is 7.44. The number of aryl methyl sites for hydroxylation is 1. The molecular formula is C14H18N4. The van der Waals surface area contributed by atoms with Crippen LogP contribution in [0.3, 0.4) is 0 Å². The minimum Gasteiger partial charge on any atom is -0.352 e. The highest BCUT2D eigenvalue weighted by atomic mass is 15.3. The van der Waals surface area contributed by atoms with Crippen molar-refractivity contribution >= 4 is 5.82 Å². The topological polar surface area (TPSA) is 52.0 Å². The van der Waals surface area contributed by atoms with Gasteiger partial charge in [-0.15, -0.1) is 0 Å². The van der Waals surface area contributed by atoms with Gasteiger partial charge in [-0.05, 0) is 37.3 Å². The molecule has 4 nitrogen and oxygen atoms in total. The van der Waals surface area contributed by atoms with E-state index in [9.17, 15) is 5.26 Å². The summed E-state index contributed by atoms with van der Waals surface area (Å²) >= 11 is 0. The first-order chi connectivity index (χ1) is 8.72. The summed E-state index contributed by atoms with van der Waals surface area (Å²) in [5.41, 5.74) is 1.75. The molecule has 0 spiro atoms. The van der Waals surface area contributed by atoms with Crippen LogP contribution in [0.5, 0.6) is 0 Å². The normalized spacial score (nSPS) is 30.3. The van der Waals surface area contributed by atoms with Gasteiger partial charge in [0.1, 0.15) is 11.9 Å². The smallest absolute Gasteiger partial charge is 0.147 e. The predicted octanol–water partition coefficient (Wildman–Crippen LogP) is 1.31. The van der Waals surface area contributed by atoms with E-state index in [0.717, 1.165) is 36.6 Å². The quantitative estimate of drug-likeness (QED) is 0.806. The van der Waals surface area contributed by atoms with Gasteiger partial charge >= 0.3 is 0 Å². The Balaban J connectivity index is 1.97. The van der Waals surface area contributed by atoms with Gasteiger partial charge in [-0.2, -0.15) is 5.26 Å². The third kappa shape index (κ3) is 1.58. The zero-order chi connectivity index (χ0) is 12.7. The number of pyridine rings is 1. The molecule has 4 heteroatoms. The van der Waals surface area contributed by atoms with Gasteiger partial charge in [0.15, 0.2) is 0 Å². The van der Waals surface area contributed by atoms with E-state index >= 15 is 0 Å². The monoisotopic (exact) mass is 242 g/mol. The zero-order valence-corrected chi connectivity index (χ0v) is 10.8. The Morgan fingerprint density at radius 1 is 1.50 bits per heavy atom. The molecule has 2 aliphatic heterocycles. The lowest BCUT2D eigenvalue weighted by molar-refractivity contribution is 0.471. The molecule has 2 aliphatic rings. The molecule has 18 heavy (non-hydrogen) atoms. The van der Waals surface area contributed by atoms with Crippen LogP contribution in [0.2, 0.25) is 0 Å². The summed E-state index contributed by atoms with van der Waals surface area (Å²) in [4.78, 5) is 6.77. The highest BCUT2D eigenvalue weighted by Crippen LogP contribution is 2.36. The molecule has 2 saturated heterocycles. The number of aromatic nitrogens is 1. The van der Waals surface area contributed by atoms with Crippen LogP contribution in [0.25, 0.3) is 0 Å². The first kappa shape index (κ1) is 11.5. The Labute approximate surface area is 108 Å². The van der Waals surface area contributed by atoms with Crippen LogP contribution in [0, 0.1) is 30.1 Å². The van der Waals surface area contributed by atoms with Gasteiger partial charge in [0.25, 0.3) is 0 Å². The molecule has 1 N–H and O–H groups in total. The lowest BCUT2D eigenvalue weighted by Crippen LogP contribution is -2.34. The molecule has 94 valence electrons. The molecule has 0 bridgehead atoms. The number of nitrogens with zero attached hydrogens (tertiary/aromatic N) is 3. The summed E-state index contributed by atoms with van der Waals surface area (Å²) < 4.78 is 0. The molecule has 0 aromatic carbocycles. The van der Waals surface area contributed by atoms with Crippen LogP contribution in [0.15, 0.2) is 12.3 Å². The molecule has 3 rings (SSSR count). The number of hydrogen-bond acceptors (Lipinski definition) is 4. The average Bonchev–Trinajstić information content (AvgIpc) is 2.92. The number of fused-ring (bicyclic) bond motifs is 1. The van der Waals surface area contributed by atoms with E-state index in [4.69, 9.17) is 0 Å². The SMILES string of the molecule is Cc1ccnc(N2CC3CNCC3C2C)c1C#N. The summed E-state index contributed by atoms with van der Waals surface area (Å²) in [6, 6.07) is 4.68. The second-order valence-electron chi connectivity index (χ2n) is 5.41. The van der Waals surface area contributed by atoms with Crippen molar-refractivity contribution in [1.29, 1.82) is 5.26 Å². The zero-order valence-electron chi connectivity index (χ0n) is 10.8. The Morgan fingerprint density at radius 2 is 2.33 bits per heavy atom. The third-order valence-electron chi connectivity index (χ3n) is 4.46. The molecule has 3 unspecified atom stereocenters. The highest BCUT2D eigenvalue weighted by Gasteiger charge is 2.42. The third-order valence-corrected chi connectivity index (χ3v) is 4.46. The van der Waals surface area contributed by atoms with Crippen LogP contribution < -0.4 is 10.2 Å². The number of anilines is 1. The Kier molecular flexibility index (Phi) is 2.71. The lowest BCUT2D eigenvalue weighted by atomic mass is 9.95. The summed E-state index contributed by atoms with van der Waals surface area (Å²) in [5, 5.41) is 12.8. The summed E-state index contributed by atoms with van der Waals surface area (Å²) in [6.07, 6.45) is 1.81. The van der Waals surface area contributed by atoms with E-state index in [0.29, 0.717) is 17.9 Å². The molecule has 2 fully saturated rings. The molecule has 0 amide bonds. The van der Waals surface area contributed by atoms with Crippen molar-refractivity contribution in [2.45, 2.75) is 19.9 Å². The van der Waals surface area contributed by atoms with Crippen LogP contribution in [-0.4, -0.2) is 30.7 Å². The van der Waals surface area contributed by atoms with Gasteiger partial charge in [0.2, 0.25) is 0 Å². The minimum absolute atomic E-state index is 0.464. The largest absolute Gasteiger partial charge is 0.352 e. The van der Waals surface area contributed by atoms with Crippen molar-refractivity contribution in [1.82, 2.24) is 10.3 Å². The Morgan fingerprint density at radius 3 is 3.06 bits per heavy atom. The van der Waals surface area contributed by atoms with E-state index in [1.807, 2.05) is 19.2 Å². The van der Waals surface area contributed by atoms with Gasteiger partial charge in [-0.3, -0.25) is 0 Å². The van der Waals surface area contributed by atoms with Gasteiger partial charge < -0.3 is 10.2 Å². The number of rotatable bonds is 1. The number of hydrogen-bond donors (Lipinski definition) is 1. The number of nitrogens with one attached hydrogen (secondary N) is 1. The standard InChI is InChI=1S/C14H18N4/c1-9-3-4-17-14(12(9)5-15)18-8-11-6-16-7-13(11)10(18)2/h3-4,10-11,13,16H,6-8H2,1-2H3. The van der Waals surface area contributed by atoms with Crippen molar-refractivity contribution in [3.63, 3.8) is 0 Å².